The monoisotopic (exact) mass is 267 g/mol. The number of ketones is 1. The van der Waals surface area contributed by atoms with Gasteiger partial charge in [0.2, 0.25) is 0 Å². The van der Waals surface area contributed by atoms with E-state index >= 15 is 0 Å². The molecule has 0 saturated carbocycles. The molecule has 3 aromatic rings. The van der Waals surface area contributed by atoms with E-state index in [2.05, 4.69) is 10.2 Å². The maximum atomic E-state index is 11.7. The van der Waals surface area contributed by atoms with Crippen LogP contribution in [0, 0.1) is 0 Å². The molecule has 1 N–H and O–H groups in total. The number of carbonyl (C=O) groups excluding carboxylic acids is 1. The lowest BCUT2D eigenvalue weighted by Gasteiger charge is -2.05. The molecule has 0 fully saturated rings. The zero-order chi connectivity index (χ0) is 14.1. The minimum Gasteiger partial charge on any atom is -0.506 e. The molecule has 20 heavy (non-hydrogen) atoms. The number of benzene rings is 2. The van der Waals surface area contributed by atoms with Crippen molar-refractivity contribution in [2.45, 2.75) is 13.3 Å². The fourth-order valence-corrected chi connectivity index (χ4v) is 2.03. The molecule has 1 heterocycles. The normalized spacial score (nSPS) is 10.8. The molecule has 0 aliphatic carbocycles. The molecule has 5 nitrogen and oxygen atoms in total. The zero-order valence-electron chi connectivity index (χ0n) is 10.9. The highest BCUT2D eigenvalue weighted by Gasteiger charge is 2.12. The quantitative estimate of drug-likeness (QED) is 0.741. The van der Waals surface area contributed by atoms with E-state index < -0.39 is 0 Å². The Hall–Kier alpha value is -2.69. The van der Waals surface area contributed by atoms with Gasteiger partial charge in [-0.3, -0.25) is 4.79 Å². The number of aromatic hydroxyl groups is 1. The van der Waals surface area contributed by atoms with Crippen LogP contribution in [0.25, 0.3) is 16.7 Å². The summed E-state index contributed by atoms with van der Waals surface area (Å²) in [5.41, 5.74) is 2.42. The molecule has 0 spiro atoms. The minimum absolute atomic E-state index is 0.0166. The van der Waals surface area contributed by atoms with Crippen molar-refractivity contribution in [2.75, 3.05) is 0 Å². The van der Waals surface area contributed by atoms with E-state index in [4.69, 9.17) is 0 Å². The van der Waals surface area contributed by atoms with Crippen LogP contribution < -0.4 is 0 Å². The second-order valence-electron chi connectivity index (χ2n) is 4.46. The number of aromatic nitrogens is 3. The van der Waals surface area contributed by atoms with Crippen LogP contribution in [-0.2, 0) is 0 Å². The highest BCUT2D eigenvalue weighted by molar-refractivity contribution is 5.96. The molecule has 2 aromatic carbocycles. The molecule has 0 bridgehead atoms. The number of nitrogens with zero attached hydrogens (tertiary/aromatic N) is 3. The molecule has 3 rings (SSSR count). The van der Waals surface area contributed by atoms with Crippen LogP contribution in [0.1, 0.15) is 23.7 Å². The first-order valence-corrected chi connectivity index (χ1v) is 6.37. The maximum absolute atomic E-state index is 11.7. The Kier molecular flexibility index (Phi) is 2.95. The first-order valence-electron chi connectivity index (χ1n) is 6.37. The van der Waals surface area contributed by atoms with E-state index in [1.165, 1.54) is 10.9 Å². The molecule has 0 radical (unpaired) electrons. The molecular weight excluding hydrogens is 254 g/mol. The Morgan fingerprint density at radius 1 is 1.15 bits per heavy atom. The van der Waals surface area contributed by atoms with E-state index in [1.54, 1.807) is 19.1 Å². The van der Waals surface area contributed by atoms with Crippen molar-refractivity contribution >= 4 is 16.8 Å². The summed E-state index contributed by atoms with van der Waals surface area (Å²) in [4.78, 5) is 13.1. The number of carbonyl (C=O) groups is 1. The molecule has 0 amide bonds. The van der Waals surface area contributed by atoms with E-state index in [9.17, 15) is 9.90 Å². The van der Waals surface area contributed by atoms with Crippen LogP contribution >= 0.6 is 0 Å². The summed E-state index contributed by atoms with van der Waals surface area (Å²) in [5, 5.41) is 18.6. The largest absolute Gasteiger partial charge is 0.506 e. The molecule has 0 aliphatic heterocycles. The first-order chi connectivity index (χ1) is 9.69. The van der Waals surface area contributed by atoms with Gasteiger partial charge < -0.3 is 5.11 Å². The smallest absolute Gasteiger partial charge is 0.162 e. The average Bonchev–Trinajstić information content (AvgIpc) is 2.90. The molecule has 0 saturated heterocycles. The summed E-state index contributed by atoms with van der Waals surface area (Å²) < 4.78 is 0. The van der Waals surface area contributed by atoms with Crippen LogP contribution in [0.15, 0.2) is 42.5 Å². The lowest BCUT2D eigenvalue weighted by Crippen LogP contribution is -2.03. The van der Waals surface area contributed by atoms with Gasteiger partial charge in [0.15, 0.2) is 5.78 Å². The number of rotatable bonds is 3. The van der Waals surface area contributed by atoms with E-state index in [0.29, 0.717) is 17.7 Å². The number of hydrogen-bond acceptors (Lipinski definition) is 4. The third kappa shape index (κ3) is 2.03. The molecule has 5 heteroatoms. The second kappa shape index (κ2) is 4.77. The highest BCUT2D eigenvalue weighted by Crippen LogP contribution is 2.23. The van der Waals surface area contributed by atoms with Gasteiger partial charge in [-0.2, -0.15) is 0 Å². The Bertz CT molecular complexity index is 760. The molecule has 0 unspecified atom stereocenters. The Morgan fingerprint density at radius 3 is 2.40 bits per heavy atom. The average molecular weight is 267 g/mol. The summed E-state index contributed by atoms with van der Waals surface area (Å²) in [6.45, 7) is 1.80. The van der Waals surface area contributed by atoms with Gasteiger partial charge in [0, 0.05) is 12.0 Å². The topological polar surface area (TPSA) is 68.0 Å². The van der Waals surface area contributed by atoms with E-state index in [-0.39, 0.29) is 11.5 Å². The van der Waals surface area contributed by atoms with Gasteiger partial charge in [0.1, 0.15) is 22.5 Å². The number of phenolic OH excluding ortho intramolecular Hbond substituents is 1. The third-order valence-electron chi connectivity index (χ3n) is 3.12. The van der Waals surface area contributed by atoms with Crippen LogP contribution in [0.3, 0.4) is 0 Å². The molecule has 100 valence electrons. The predicted molar refractivity (Wildman–Crippen MR) is 75.2 cm³/mol. The van der Waals surface area contributed by atoms with Crippen molar-refractivity contribution in [3.8, 4) is 11.4 Å². The van der Waals surface area contributed by atoms with Crippen molar-refractivity contribution in [3.05, 3.63) is 48.0 Å². The summed E-state index contributed by atoms with van der Waals surface area (Å²) in [6.07, 6.45) is 0.415. The SMILES string of the molecule is CCC(=O)c1ccc(O)c(-n2nc3ccccc3n2)c1. The Labute approximate surface area is 115 Å². The van der Waals surface area contributed by atoms with Gasteiger partial charge in [-0.15, -0.1) is 15.0 Å². The first kappa shape index (κ1) is 12.3. The van der Waals surface area contributed by atoms with Crippen molar-refractivity contribution in [1.82, 2.24) is 15.0 Å². The van der Waals surface area contributed by atoms with Crippen molar-refractivity contribution in [3.63, 3.8) is 0 Å². The molecular formula is C15H13N3O2. The zero-order valence-corrected chi connectivity index (χ0v) is 10.9. The summed E-state index contributed by atoms with van der Waals surface area (Å²) >= 11 is 0. The van der Waals surface area contributed by atoms with Crippen LogP contribution in [-0.4, -0.2) is 25.9 Å². The number of Topliss-reactive ketones (excluding diaryl/α,β-unsaturated/α-hetero) is 1. The van der Waals surface area contributed by atoms with Crippen molar-refractivity contribution in [2.24, 2.45) is 0 Å². The number of phenols is 1. The maximum Gasteiger partial charge on any atom is 0.162 e. The summed E-state index contributed by atoms with van der Waals surface area (Å²) in [6, 6.07) is 12.1. The Balaban J connectivity index is 2.15. The fourth-order valence-electron chi connectivity index (χ4n) is 2.03. The lowest BCUT2D eigenvalue weighted by molar-refractivity contribution is 0.0988. The van der Waals surface area contributed by atoms with Gasteiger partial charge in [-0.05, 0) is 30.3 Å². The molecule has 1 aromatic heterocycles. The standard InChI is InChI=1S/C15H13N3O2/c1-2-14(19)10-7-8-15(20)13(9-10)18-16-11-5-3-4-6-12(11)17-18/h3-9,20H,2H2,1H3. The van der Waals surface area contributed by atoms with Crippen molar-refractivity contribution < 1.29 is 9.90 Å². The second-order valence-corrected chi connectivity index (χ2v) is 4.46. The molecule has 0 atom stereocenters. The van der Waals surface area contributed by atoms with E-state index in [0.717, 1.165) is 11.0 Å². The van der Waals surface area contributed by atoms with Crippen LogP contribution in [0.2, 0.25) is 0 Å². The Morgan fingerprint density at radius 2 is 1.80 bits per heavy atom. The predicted octanol–water partition coefficient (Wildman–Crippen LogP) is 2.72. The fraction of sp³-hybridized carbons (Fsp3) is 0.133. The van der Waals surface area contributed by atoms with Gasteiger partial charge >= 0.3 is 0 Å². The lowest BCUT2D eigenvalue weighted by atomic mass is 10.1. The van der Waals surface area contributed by atoms with Crippen molar-refractivity contribution in [1.29, 1.82) is 0 Å². The molecule has 0 aliphatic rings. The minimum atomic E-state index is 0.0166. The van der Waals surface area contributed by atoms with Gasteiger partial charge in [0.25, 0.3) is 0 Å². The van der Waals surface area contributed by atoms with Crippen LogP contribution in [0.4, 0.5) is 0 Å². The van der Waals surface area contributed by atoms with Gasteiger partial charge in [-0.1, -0.05) is 19.1 Å². The van der Waals surface area contributed by atoms with Crippen LogP contribution in [0.5, 0.6) is 5.75 Å². The number of hydrogen-bond donors (Lipinski definition) is 1. The van der Waals surface area contributed by atoms with Gasteiger partial charge in [-0.25, -0.2) is 0 Å². The highest BCUT2D eigenvalue weighted by atomic mass is 16.3. The summed E-state index contributed by atoms with van der Waals surface area (Å²) in [7, 11) is 0. The summed E-state index contributed by atoms with van der Waals surface area (Å²) in [5.74, 6) is 0.0564. The number of fused-ring (bicyclic) bond motifs is 1. The third-order valence-corrected chi connectivity index (χ3v) is 3.12. The van der Waals surface area contributed by atoms with Gasteiger partial charge in [0.05, 0.1) is 0 Å². The van der Waals surface area contributed by atoms with E-state index in [1.807, 2.05) is 24.3 Å².